The third kappa shape index (κ3) is 19.9. The van der Waals surface area contributed by atoms with Crippen molar-refractivity contribution in [2.45, 2.75) is 155 Å². The molecule has 0 rings (SSSR count). The van der Waals surface area contributed by atoms with Gasteiger partial charge in [-0.1, -0.05) is 141 Å². The number of hydrogen-bond donors (Lipinski definition) is 0. The van der Waals surface area contributed by atoms with E-state index >= 15 is 0 Å². The molecule has 0 aliphatic carbocycles. The van der Waals surface area contributed by atoms with Gasteiger partial charge in [0.1, 0.15) is 0 Å². The molecule has 0 heterocycles. The first-order chi connectivity index (χ1) is 12.8. The van der Waals surface area contributed by atoms with Crippen molar-refractivity contribution in [1.29, 1.82) is 0 Å². The predicted molar refractivity (Wildman–Crippen MR) is 118 cm³/mol. The topological polar surface area (TPSA) is 29.4 Å². The molecule has 0 fully saturated rings. The van der Waals surface area contributed by atoms with E-state index in [2.05, 4.69) is 19.0 Å². The molecule has 0 amide bonds. The molecular weight excluding hydrogens is 318 g/mol. The summed E-state index contributed by atoms with van der Waals surface area (Å²) in [7, 11) is 0. The molecule has 0 radical (unpaired) electrons. The highest BCUT2D eigenvalue weighted by molar-refractivity contribution is 4.66. The van der Waals surface area contributed by atoms with E-state index in [1.807, 2.05) is 0 Å². The molecule has 2 nitrogen and oxygen atoms in total. The van der Waals surface area contributed by atoms with Gasteiger partial charge in [-0.2, -0.15) is 4.91 Å². The van der Waals surface area contributed by atoms with Gasteiger partial charge in [-0.05, 0) is 12.8 Å². The summed E-state index contributed by atoms with van der Waals surface area (Å²) >= 11 is 0. The largest absolute Gasteiger partial charge is 0.151 e. The fourth-order valence-corrected chi connectivity index (χ4v) is 3.81. The van der Waals surface area contributed by atoms with Crippen LogP contribution in [0.4, 0.5) is 0 Å². The van der Waals surface area contributed by atoms with E-state index in [4.69, 9.17) is 0 Å². The van der Waals surface area contributed by atoms with Crippen LogP contribution in [0.25, 0.3) is 0 Å². The zero-order valence-electron chi connectivity index (χ0n) is 18.3. The Morgan fingerprint density at radius 3 is 1.00 bits per heavy atom. The molecule has 1 atom stereocenters. The first kappa shape index (κ1) is 25.6. The molecule has 0 aromatic rings. The third-order valence-corrected chi connectivity index (χ3v) is 5.68. The molecule has 0 saturated heterocycles. The standard InChI is InChI=1S/C24H49NO/c1-3-5-7-9-11-13-15-17-19-21-23-24(25-26)22-20-18-16-14-12-10-8-6-4-2/h24H,3-23H2,1-2H3. The minimum Gasteiger partial charge on any atom is -0.151 e. The van der Waals surface area contributed by atoms with Crippen molar-refractivity contribution in [1.82, 2.24) is 0 Å². The van der Waals surface area contributed by atoms with Crippen molar-refractivity contribution >= 4 is 0 Å². The Labute approximate surface area is 165 Å². The fraction of sp³-hybridized carbons (Fsp3) is 1.00. The number of unbranched alkanes of at least 4 members (excludes halogenated alkanes) is 17. The van der Waals surface area contributed by atoms with Crippen molar-refractivity contribution in [3.63, 3.8) is 0 Å². The minimum atomic E-state index is 0.0913. The highest BCUT2D eigenvalue weighted by atomic mass is 16.3. The Bertz CT molecular complexity index is 267. The Morgan fingerprint density at radius 1 is 0.462 bits per heavy atom. The summed E-state index contributed by atoms with van der Waals surface area (Å²) in [6.07, 6.45) is 27.8. The van der Waals surface area contributed by atoms with Crippen molar-refractivity contribution < 1.29 is 0 Å². The number of nitrogens with zero attached hydrogens (tertiary/aromatic N) is 1. The monoisotopic (exact) mass is 367 g/mol. The molecule has 0 spiro atoms. The lowest BCUT2D eigenvalue weighted by molar-refractivity contribution is 0.478. The van der Waals surface area contributed by atoms with Gasteiger partial charge in [0.05, 0.1) is 6.04 Å². The van der Waals surface area contributed by atoms with Crippen LogP contribution in [0.2, 0.25) is 0 Å². The lowest BCUT2D eigenvalue weighted by Gasteiger charge is -2.09. The molecule has 2 heteroatoms. The average molecular weight is 368 g/mol. The van der Waals surface area contributed by atoms with Crippen LogP contribution in [0.5, 0.6) is 0 Å². The predicted octanol–water partition coefficient (Wildman–Crippen LogP) is 9.35. The van der Waals surface area contributed by atoms with E-state index in [-0.39, 0.29) is 6.04 Å². The van der Waals surface area contributed by atoms with Crippen LogP contribution in [-0.2, 0) is 0 Å². The van der Waals surface area contributed by atoms with Gasteiger partial charge in [0.15, 0.2) is 0 Å². The Hall–Kier alpha value is -0.400. The van der Waals surface area contributed by atoms with E-state index in [9.17, 15) is 4.91 Å². The first-order valence-corrected chi connectivity index (χ1v) is 12.2. The summed E-state index contributed by atoms with van der Waals surface area (Å²) in [6.45, 7) is 4.55. The molecule has 0 aromatic carbocycles. The van der Waals surface area contributed by atoms with Crippen LogP contribution >= 0.6 is 0 Å². The van der Waals surface area contributed by atoms with Gasteiger partial charge in [-0.25, -0.2) is 0 Å². The Kier molecular flexibility index (Phi) is 22.3. The highest BCUT2D eigenvalue weighted by Gasteiger charge is 2.07. The van der Waals surface area contributed by atoms with Crippen molar-refractivity contribution in [3.8, 4) is 0 Å². The lowest BCUT2D eigenvalue weighted by atomic mass is 10.00. The van der Waals surface area contributed by atoms with Crippen LogP contribution in [0.15, 0.2) is 5.18 Å². The molecule has 0 N–H and O–H groups in total. The van der Waals surface area contributed by atoms with Crippen LogP contribution in [0, 0.1) is 4.91 Å². The van der Waals surface area contributed by atoms with Gasteiger partial charge < -0.3 is 0 Å². The SMILES string of the molecule is CCCCCCCCCCCCC(CCCCCCCCCCC)N=O. The van der Waals surface area contributed by atoms with Crippen molar-refractivity contribution in [3.05, 3.63) is 4.91 Å². The van der Waals surface area contributed by atoms with Gasteiger partial charge in [-0.3, -0.25) is 0 Å². The smallest absolute Gasteiger partial charge is 0.0919 e. The molecule has 26 heavy (non-hydrogen) atoms. The summed E-state index contributed by atoms with van der Waals surface area (Å²) in [4.78, 5) is 11.0. The van der Waals surface area contributed by atoms with E-state index in [1.54, 1.807) is 0 Å². The van der Waals surface area contributed by atoms with Gasteiger partial charge in [0.25, 0.3) is 0 Å². The van der Waals surface area contributed by atoms with Gasteiger partial charge >= 0.3 is 0 Å². The van der Waals surface area contributed by atoms with E-state index in [0.29, 0.717) is 0 Å². The zero-order chi connectivity index (χ0) is 19.1. The number of rotatable bonds is 22. The lowest BCUT2D eigenvalue weighted by Crippen LogP contribution is -2.03. The number of hydrogen-bond acceptors (Lipinski definition) is 2. The van der Waals surface area contributed by atoms with Crippen LogP contribution in [0.3, 0.4) is 0 Å². The second-order valence-electron chi connectivity index (χ2n) is 8.35. The second kappa shape index (κ2) is 22.6. The van der Waals surface area contributed by atoms with E-state index < -0.39 is 0 Å². The minimum absolute atomic E-state index is 0.0913. The number of nitroso groups, excluding NO2 is 1. The normalized spacial score (nSPS) is 12.4. The Balaban J connectivity index is 3.29. The first-order valence-electron chi connectivity index (χ1n) is 12.2. The Morgan fingerprint density at radius 2 is 0.731 bits per heavy atom. The van der Waals surface area contributed by atoms with Crippen LogP contribution in [0.1, 0.15) is 149 Å². The van der Waals surface area contributed by atoms with E-state index in [1.165, 1.54) is 122 Å². The molecule has 0 bridgehead atoms. The summed E-state index contributed by atoms with van der Waals surface area (Å²) in [5, 5.41) is 3.38. The van der Waals surface area contributed by atoms with Gasteiger partial charge in [-0.15, -0.1) is 0 Å². The highest BCUT2D eigenvalue weighted by Crippen LogP contribution is 2.17. The maximum absolute atomic E-state index is 11.0. The molecule has 0 aromatic heterocycles. The molecule has 0 saturated carbocycles. The van der Waals surface area contributed by atoms with Gasteiger partial charge in [0, 0.05) is 0 Å². The molecular formula is C24H49NO. The maximum atomic E-state index is 11.0. The van der Waals surface area contributed by atoms with Crippen LogP contribution < -0.4 is 0 Å². The summed E-state index contributed by atoms with van der Waals surface area (Å²) < 4.78 is 0. The fourth-order valence-electron chi connectivity index (χ4n) is 3.81. The van der Waals surface area contributed by atoms with Gasteiger partial charge in [0.2, 0.25) is 0 Å². The quantitative estimate of drug-likeness (QED) is 0.138. The summed E-state index contributed by atoms with van der Waals surface area (Å²) in [5.41, 5.74) is 0. The molecule has 0 aliphatic rings. The maximum Gasteiger partial charge on any atom is 0.0919 e. The van der Waals surface area contributed by atoms with Crippen LogP contribution in [-0.4, -0.2) is 6.04 Å². The summed E-state index contributed by atoms with van der Waals surface area (Å²) in [6, 6.07) is 0.0913. The molecule has 1 unspecified atom stereocenters. The summed E-state index contributed by atoms with van der Waals surface area (Å²) in [5.74, 6) is 0. The molecule has 0 aliphatic heterocycles. The second-order valence-corrected chi connectivity index (χ2v) is 8.35. The molecule has 156 valence electrons. The van der Waals surface area contributed by atoms with Crippen molar-refractivity contribution in [2.24, 2.45) is 5.18 Å². The average Bonchev–Trinajstić information content (AvgIpc) is 2.66. The third-order valence-electron chi connectivity index (χ3n) is 5.68. The van der Waals surface area contributed by atoms with E-state index in [0.717, 1.165) is 12.8 Å². The zero-order valence-corrected chi connectivity index (χ0v) is 18.3. The van der Waals surface area contributed by atoms with Crippen molar-refractivity contribution in [2.75, 3.05) is 0 Å².